The molecule has 0 rings (SSSR count). The molecule has 0 aromatic carbocycles. The molecule has 0 aliphatic heterocycles. The van der Waals surface area contributed by atoms with Crippen LogP contribution in [0, 0.1) is 5.92 Å². The fourth-order valence-corrected chi connectivity index (χ4v) is 0.971. The van der Waals surface area contributed by atoms with Crippen LogP contribution < -0.4 is 11.2 Å². The fraction of sp³-hybridized carbons (Fsp3) is 0.857. The van der Waals surface area contributed by atoms with Gasteiger partial charge >= 0.3 is 0 Å². The zero-order valence-corrected chi connectivity index (χ0v) is 8.07. The van der Waals surface area contributed by atoms with Crippen molar-refractivity contribution in [3.8, 4) is 0 Å². The van der Waals surface area contributed by atoms with Crippen molar-refractivity contribution in [2.24, 2.45) is 11.7 Å². The van der Waals surface area contributed by atoms with Gasteiger partial charge in [0.25, 0.3) is 0 Å². The van der Waals surface area contributed by atoms with Crippen molar-refractivity contribution >= 4 is 17.3 Å². The monoisotopic (exact) mass is 176 g/mol. The van der Waals surface area contributed by atoms with Crippen LogP contribution in [-0.4, -0.2) is 18.1 Å². The first-order chi connectivity index (χ1) is 5.13. The Labute approximate surface area is 73.2 Å². The van der Waals surface area contributed by atoms with Gasteiger partial charge in [0.15, 0.2) is 0 Å². The van der Waals surface area contributed by atoms with Crippen LogP contribution in [0.2, 0.25) is 0 Å². The zero-order chi connectivity index (χ0) is 8.85. The lowest BCUT2D eigenvalue weighted by molar-refractivity contribution is 0.200. The molecular weight excluding hydrogens is 160 g/mol. The van der Waals surface area contributed by atoms with Gasteiger partial charge < -0.3 is 10.6 Å². The van der Waals surface area contributed by atoms with E-state index in [2.05, 4.69) is 19.3 Å². The maximum atomic E-state index is 5.75. The molecular formula is C7H16N2OS. The molecule has 0 saturated heterocycles. The first kappa shape index (κ1) is 10.8. The summed E-state index contributed by atoms with van der Waals surface area (Å²) >= 11 is 4.91. The Balaban J connectivity index is 3.80. The molecule has 0 heterocycles. The summed E-state index contributed by atoms with van der Waals surface area (Å²) in [7, 11) is 1.66. The molecule has 0 aromatic rings. The second-order valence-corrected chi connectivity index (χ2v) is 2.94. The smallest absolute Gasteiger partial charge is 0.204 e. The van der Waals surface area contributed by atoms with E-state index in [1.807, 2.05) is 0 Å². The standard InChI is InChI=1S/C7H16N2OS/c1-4-5(2)6(8)7(11)10-9-3/h5-6,9H,4,8H2,1-3H3/t5-,6-/m0/s1. The van der Waals surface area contributed by atoms with E-state index in [0.29, 0.717) is 11.0 Å². The summed E-state index contributed by atoms with van der Waals surface area (Å²) in [5.74, 6) is 0.371. The summed E-state index contributed by atoms with van der Waals surface area (Å²) in [5, 5.41) is 0.432. The van der Waals surface area contributed by atoms with E-state index in [4.69, 9.17) is 22.8 Å². The van der Waals surface area contributed by atoms with Gasteiger partial charge in [0, 0.05) is 7.05 Å². The Bertz CT molecular complexity index is 130. The SMILES string of the molecule is CC[C@H](C)[C@H](N)C(=S)ONC. The quantitative estimate of drug-likeness (QED) is 0.492. The van der Waals surface area contributed by atoms with Crippen molar-refractivity contribution in [3.05, 3.63) is 0 Å². The highest BCUT2D eigenvalue weighted by atomic mass is 32.1. The molecule has 0 aliphatic rings. The minimum atomic E-state index is -0.151. The molecule has 0 bridgehead atoms. The first-order valence-corrected chi connectivity index (χ1v) is 4.17. The topological polar surface area (TPSA) is 47.3 Å². The van der Waals surface area contributed by atoms with Crippen LogP contribution in [0.15, 0.2) is 0 Å². The summed E-state index contributed by atoms with van der Waals surface area (Å²) in [6.07, 6.45) is 1.01. The molecule has 11 heavy (non-hydrogen) atoms. The molecule has 66 valence electrons. The molecule has 4 heteroatoms. The molecule has 0 spiro atoms. The normalized spacial score (nSPS) is 15.6. The largest absolute Gasteiger partial charge is 0.400 e. The number of rotatable bonds is 4. The van der Waals surface area contributed by atoms with E-state index >= 15 is 0 Å². The van der Waals surface area contributed by atoms with Gasteiger partial charge in [0.1, 0.15) is 0 Å². The average Bonchev–Trinajstić information content (AvgIpc) is 2.02. The third-order valence-corrected chi connectivity index (χ3v) is 2.09. The Hall–Kier alpha value is -0.190. The summed E-state index contributed by atoms with van der Waals surface area (Å²) in [6.45, 7) is 4.13. The number of hydrogen-bond acceptors (Lipinski definition) is 4. The number of nitrogens with two attached hydrogens (primary N) is 1. The van der Waals surface area contributed by atoms with E-state index in [1.54, 1.807) is 7.05 Å². The maximum Gasteiger partial charge on any atom is 0.204 e. The third-order valence-electron chi connectivity index (χ3n) is 1.73. The summed E-state index contributed by atoms with van der Waals surface area (Å²) < 4.78 is 0. The van der Waals surface area contributed by atoms with Crippen LogP contribution >= 0.6 is 12.2 Å². The van der Waals surface area contributed by atoms with Gasteiger partial charge in [-0.05, 0) is 18.1 Å². The van der Waals surface area contributed by atoms with Crippen molar-refractivity contribution < 1.29 is 4.84 Å². The first-order valence-electron chi connectivity index (χ1n) is 3.76. The van der Waals surface area contributed by atoms with Crippen LogP contribution in [-0.2, 0) is 4.84 Å². The van der Waals surface area contributed by atoms with Gasteiger partial charge in [-0.15, -0.1) is 0 Å². The molecule has 0 aromatic heterocycles. The summed E-state index contributed by atoms with van der Waals surface area (Å²) in [4.78, 5) is 4.88. The van der Waals surface area contributed by atoms with Crippen LogP contribution in [0.4, 0.5) is 0 Å². The van der Waals surface area contributed by atoms with E-state index in [-0.39, 0.29) is 6.04 Å². The second kappa shape index (κ2) is 5.46. The van der Waals surface area contributed by atoms with Crippen molar-refractivity contribution in [2.75, 3.05) is 7.05 Å². The maximum absolute atomic E-state index is 5.75. The fourth-order valence-electron chi connectivity index (χ4n) is 0.655. The Morgan fingerprint density at radius 2 is 2.27 bits per heavy atom. The predicted octanol–water partition coefficient (Wildman–Crippen LogP) is 0.838. The van der Waals surface area contributed by atoms with Crippen molar-refractivity contribution in [1.82, 2.24) is 5.48 Å². The molecule has 0 unspecified atom stereocenters. The van der Waals surface area contributed by atoms with Gasteiger partial charge in [-0.2, -0.15) is 5.48 Å². The van der Waals surface area contributed by atoms with E-state index < -0.39 is 0 Å². The summed E-state index contributed by atoms with van der Waals surface area (Å²) in [6, 6.07) is -0.151. The van der Waals surface area contributed by atoms with Crippen LogP contribution in [0.5, 0.6) is 0 Å². The molecule has 0 fully saturated rings. The highest BCUT2D eigenvalue weighted by Gasteiger charge is 2.16. The lowest BCUT2D eigenvalue weighted by atomic mass is 10.0. The molecule has 3 N–H and O–H groups in total. The van der Waals surface area contributed by atoms with E-state index in [9.17, 15) is 0 Å². The van der Waals surface area contributed by atoms with E-state index in [1.165, 1.54) is 0 Å². The average molecular weight is 176 g/mol. The van der Waals surface area contributed by atoms with Gasteiger partial charge in [-0.25, -0.2) is 0 Å². The molecule has 3 nitrogen and oxygen atoms in total. The van der Waals surface area contributed by atoms with Crippen LogP contribution in [0.3, 0.4) is 0 Å². The van der Waals surface area contributed by atoms with Crippen molar-refractivity contribution in [2.45, 2.75) is 26.3 Å². The van der Waals surface area contributed by atoms with Crippen LogP contribution in [0.1, 0.15) is 20.3 Å². The highest BCUT2D eigenvalue weighted by Crippen LogP contribution is 2.06. The number of thiocarbonyl (C=S) groups is 1. The molecule has 0 amide bonds. The predicted molar refractivity (Wildman–Crippen MR) is 50.2 cm³/mol. The lowest BCUT2D eigenvalue weighted by Gasteiger charge is -2.18. The Kier molecular flexibility index (Phi) is 5.36. The molecule has 0 aliphatic carbocycles. The molecule has 0 radical (unpaired) electrons. The number of hydrogen-bond donors (Lipinski definition) is 2. The highest BCUT2D eigenvalue weighted by molar-refractivity contribution is 7.80. The third kappa shape index (κ3) is 3.65. The molecule has 2 atom stereocenters. The minimum absolute atomic E-state index is 0.151. The Morgan fingerprint density at radius 3 is 2.64 bits per heavy atom. The van der Waals surface area contributed by atoms with Gasteiger partial charge in [-0.1, -0.05) is 20.3 Å². The minimum Gasteiger partial charge on any atom is -0.400 e. The van der Waals surface area contributed by atoms with Gasteiger partial charge in [0.2, 0.25) is 5.05 Å². The number of nitrogens with one attached hydrogen (secondary N) is 1. The zero-order valence-electron chi connectivity index (χ0n) is 7.26. The van der Waals surface area contributed by atoms with Crippen molar-refractivity contribution in [1.29, 1.82) is 0 Å². The second-order valence-electron chi connectivity index (χ2n) is 2.54. The Morgan fingerprint density at radius 1 is 1.73 bits per heavy atom. The lowest BCUT2D eigenvalue weighted by Crippen LogP contribution is -2.38. The van der Waals surface area contributed by atoms with Crippen LogP contribution in [0.25, 0.3) is 0 Å². The van der Waals surface area contributed by atoms with E-state index in [0.717, 1.165) is 6.42 Å². The van der Waals surface area contributed by atoms with Gasteiger partial charge in [-0.3, -0.25) is 0 Å². The summed E-state index contributed by atoms with van der Waals surface area (Å²) in [5.41, 5.74) is 8.26. The number of hydroxylamine groups is 1. The van der Waals surface area contributed by atoms with Gasteiger partial charge in [0.05, 0.1) is 6.04 Å². The molecule has 0 saturated carbocycles. The van der Waals surface area contributed by atoms with Crippen molar-refractivity contribution in [3.63, 3.8) is 0 Å².